The van der Waals surface area contributed by atoms with Gasteiger partial charge in [0.25, 0.3) is 5.91 Å². The Morgan fingerprint density at radius 1 is 1.06 bits per heavy atom. The molecule has 2 fully saturated rings. The van der Waals surface area contributed by atoms with Gasteiger partial charge in [0.15, 0.2) is 0 Å². The lowest BCUT2D eigenvalue weighted by atomic mass is 10.0. The summed E-state index contributed by atoms with van der Waals surface area (Å²) in [6, 6.07) is 14.9. The van der Waals surface area contributed by atoms with Crippen molar-refractivity contribution in [2.24, 2.45) is 0 Å². The molecule has 0 atom stereocenters. The molecule has 2 aromatic carbocycles. The molecule has 0 unspecified atom stereocenters. The highest BCUT2D eigenvalue weighted by molar-refractivity contribution is 5.97. The Bertz CT molecular complexity index is 1070. The van der Waals surface area contributed by atoms with Crippen LogP contribution in [0.15, 0.2) is 53.1 Å². The molecule has 1 amide bonds. The van der Waals surface area contributed by atoms with E-state index in [-0.39, 0.29) is 17.9 Å². The van der Waals surface area contributed by atoms with E-state index in [9.17, 15) is 4.79 Å². The van der Waals surface area contributed by atoms with Crippen LogP contribution in [-0.2, 0) is 4.74 Å². The molecule has 3 aromatic rings. The van der Waals surface area contributed by atoms with Gasteiger partial charge in [0.05, 0.1) is 25.8 Å². The fourth-order valence-electron chi connectivity index (χ4n) is 4.01. The number of rotatable bonds is 6. The molecule has 166 valence electrons. The van der Waals surface area contributed by atoms with Crippen LogP contribution in [0.2, 0.25) is 0 Å². The second-order valence-corrected chi connectivity index (χ2v) is 8.02. The van der Waals surface area contributed by atoms with E-state index in [0.29, 0.717) is 36.1 Å². The van der Waals surface area contributed by atoms with Gasteiger partial charge in [-0.3, -0.25) is 4.79 Å². The van der Waals surface area contributed by atoms with Crippen molar-refractivity contribution in [2.75, 3.05) is 33.4 Å². The number of amides is 1. The minimum atomic E-state index is -0.0462. The maximum Gasteiger partial charge on any atom is 0.257 e. The molecule has 3 heterocycles. The monoisotopic (exact) mass is 435 g/mol. The van der Waals surface area contributed by atoms with Crippen LogP contribution in [0.25, 0.3) is 11.4 Å². The fourth-order valence-corrected chi connectivity index (χ4v) is 4.01. The van der Waals surface area contributed by atoms with Crippen LogP contribution in [0.1, 0.15) is 35.0 Å². The molecular formula is C24H25N3O5. The number of para-hydroxylation sites is 1. The third kappa shape index (κ3) is 4.18. The van der Waals surface area contributed by atoms with Crippen LogP contribution in [0.3, 0.4) is 0 Å². The van der Waals surface area contributed by atoms with Gasteiger partial charge in [-0.05, 0) is 49.2 Å². The quantitative estimate of drug-likeness (QED) is 0.585. The van der Waals surface area contributed by atoms with Gasteiger partial charge < -0.3 is 23.6 Å². The van der Waals surface area contributed by atoms with Crippen LogP contribution < -0.4 is 9.47 Å². The van der Waals surface area contributed by atoms with Gasteiger partial charge in [-0.2, -0.15) is 4.98 Å². The average Bonchev–Trinajstić information content (AvgIpc) is 3.32. The zero-order valence-corrected chi connectivity index (χ0v) is 17.9. The first-order chi connectivity index (χ1) is 15.7. The number of aromatic nitrogens is 2. The highest BCUT2D eigenvalue weighted by Crippen LogP contribution is 2.29. The molecule has 0 N–H and O–H groups in total. The summed E-state index contributed by atoms with van der Waals surface area (Å²) in [6.07, 6.45) is 1.78. The zero-order chi connectivity index (χ0) is 21.9. The number of methoxy groups -OCH3 is 1. The summed E-state index contributed by atoms with van der Waals surface area (Å²) in [5.41, 5.74) is 1.44. The molecular weight excluding hydrogens is 410 g/mol. The van der Waals surface area contributed by atoms with Crippen LogP contribution >= 0.6 is 0 Å². The van der Waals surface area contributed by atoms with Gasteiger partial charge in [-0.15, -0.1) is 0 Å². The zero-order valence-electron chi connectivity index (χ0n) is 17.9. The smallest absolute Gasteiger partial charge is 0.257 e. The van der Waals surface area contributed by atoms with Crippen LogP contribution in [-0.4, -0.2) is 60.5 Å². The van der Waals surface area contributed by atoms with Crippen molar-refractivity contribution in [1.82, 2.24) is 15.0 Å². The Kier molecular flexibility index (Phi) is 5.77. The SMILES string of the molecule is COc1ccccc1C(=O)N1CC(Oc2ccc(-c3noc(C4CCOCC4)n3)cc2)C1. The standard InChI is InChI=1S/C24H25N3O5/c1-29-21-5-3-2-4-20(21)24(28)27-14-19(15-27)31-18-8-6-16(7-9-18)22-25-23(32-26-22)17-10-12-30-13-11-17/h2-9,17,19H,10-15H2,1H3. The third-order valence-electron chi connectivity index (χ3n) is 5.90. The van der Waals surface area contributed by atoms with Crippen LogP contribution in [0, 0.1) is 0 Å². The molecule has 2 aliphatic rings. The lowest BCUT2D eigenvalue weighted by Crippen LogP contribution is -2.56. The first-order valence-corrected chi connectivity index (χ1v) is 10.8. The molecule has 2 aliphatic heterocycles. The highest BCUT2D eigenvalue weighted by atomic mass is 16.5. The highest BCUT2D eigenvalue weighted by Gasteiger charge is 2.34. The molecule has 0 radical (unpaired) electrons. The number of hydrogen-bond acceptors (Lipinski definition) is 7. The molecule has 8 heteroatoms. The third-order valence-corrected chi connectivity index (χ3v) is 5.90. The number of hydrogen-bond donors (Lipinski definition) is 0. The molecule has 2 saturated heterocycles. The van der Waals surface area contributed by atoms with Crippen molar-refractivity contribution in [3.63, 3.8) is 0 Å². The van der Waals surface area contributed by atoms with Crippen molar-refractivity contribution in [1.29, 1.82) is 0 Å². The van der Waals surface area contributed by atoms with Crippen molar-refractivity contribution in [3.8, 4) is 22.9 Å². The lowest BCUT2D eigenvalue weighted by molar-refractivity contribution is 0.0176. The minimum Gasteiger partial charge on any atom is -0.496 e. The number of nitrogens with zero attached hydrogens (tertiary/aromatic N) is 3. The minimum absolute atomic E-state index is 0.0372. The summed E-state index contributed by atoms with van der Waals surface area (Å²) >= 11 is 0. The van der Waals surface area contributed by atoms with Gasteiger partial charge in [0.2, 0.25) is 11.7 Å². The summed E-state index contributed by atoms with van der Waals surface area (Å²) in [5, 5.41) is 4.13. The Hall–Kier alpha value is -3.39. The molecule has 5 rings (SSSR count). The number of likely N-dealkylation sites (tertiary alicyclic amines) is 1. The molecule has 8 nitrogen and oxygen atoms in total. The van der Waals surface area contributed by atoms with Crippen molar-refractivity contribution < 1.29 is 23.5 Å². The van der Waals surface area contributed by atoms with E-state index in [2.05, 4.69) is 10.1 Å². The predicted molar refractivity (Wildman–Crippen MR) is 116 cm³/mol. The van der Waals surface area contributed by atoms with Gasteiger partial charge in [-0.1, -0.05) is 17.3 Å². The van der Waals surface area contributed by atoms with Gasteiger partial charge in [0.1, 0.15) is 17.6 Å². The Morgan fingerprint density at radius 3 is 2.56 bits per heavy atom. The Labute approximate surface area is 186 Å². The second kappa shape index (κ2) is 9.00. The number of benzene rings is 2. The molecule has 32 heavy (non-hydrogen) atoms. The summed E-state index contributed by atoms with van der Waals surface area (Å²) in [7, 11) is 1.57. The van der Waals surface area contributed by atoms with E-state index in [4.69, 9.17) is 18.7 Å². The summed E-state index contributed by atoms with van der Waals surface area (Å²) in [6.45, 7) is 2.55. The van der Waals surface area contributed by atoms with Crippen molar-refractivity contribution in [2.45, 2.75) is 24.9 Å². The van der Waals surface area contributed by atoms with E-state index in [1.165, 1.54) is 0 Å². The van der Waals surface area contributed by atoms with Crippen LogP contribution in [0.4, 0.5) is 0 Å². The molecule has 1 aromatic heterocycles. The summed E-state index contributed by atoms with van der Waals surface area (Å²) < 4.78 is 22.2. The number of carbonyl (C=O) groups is 1. The van der Waals surface area contributed by atoms with Crippen molar-refractivity contribution >= 4 is 5.91 Å². The van der Waals surface area contributed by atoms with E-state index in [0.717, 1.165) is 37.4 Å². The summed E-state index contributed by atoms with van der Waals surface area (Å²) in [4.78, 5) is 19.0. The first-order valence-electron chi connectivity index (χ1n) is 10.8. The lowest BCUT2D eigenvalue weighted by Gasteiger charge is -2.39. The number of carbonyl (C=O) groups excluding carboxylic acids is 1. The molecule has 0 spiro atoms. The largest absolute Gasteiger partial charge is 0.496 e. The fraction of sp³-hybridized carbons (Fsp3) is 0.375. The van der Waals surface area contributed by atoms with Crippen LogP contribution in [0.5, 0.6) is 11.5 Å². The predicted octanol–water partition coefficient (Wildman–Crippen LogP) is 3.54. The molecule has 0 bridgehead atoms. The van der Waals surface area contributed by atoms with E-state index < -0.39 is 0 Å². The average molecular weight is 435 g/mol. The second-order valence-electron chi connectivity index (χ2n) is 8.02. The van der Waals surface area contributed by atoms with Crippen molar-refractivity contribution in [3.05, 3.63) is 60.0 Å². The Morgan fingerprint density at radius 2 is 1.81 bits per heavy atom. The van der Waals surface area contributed by atoms with Gasteiger partial charge >= 0.3 is 0 Å². The normalized spacial score (nSPS) is 17.1. The number of ether oxygens (including phenoxy) is 3. The maximum absolute atomic E-state index is 12.7. The maximum atomic E-state index is 12.7. The van der Waals surface area contributed by atoms with Gasteiger partial charge in [0, 0.05) is 24.7 Å². The van der Waals surface area contributed by atoms with E-state index in [1.54, 1.807) is 24.1 Å². The topological polar surface area (TPSA) is 86.9 Å². The van der Waals surface area contributed by atoms with Gasteiger partial charge in [-0.25, -0.2) is 0 Å². The Balaban J connectivity index is 1.16. The van der Waals surface area contributed by atoms with E-state index >= 15 is 0 Å². The summed E-state index contributed by atoms with van der Waals surface area (Å²) in [5.74, 6) is 2.81. The molecule has 0 saturated carbocycles. The molecule has 0 aliphatic carbocycles. The first kappa shape index (κ1) is 20.5. The van der Waals surface area contributed by atoms with E-state index in [1.807, 2.05) is 36.4 Å².